The zero-order valence-electron chi connectivity index (χ0n) is 15.8. The molecule has 0 spiro atoms. The van der Waals surface area contributed by atoms with E-state index in [-0.39, 0.29) is 11.9 Å². The van der Waals surface area contributed by atoms with Crippen LogP contribution in [-0.2, 0) is 7.05 Å². The number of para-hydroxylation sites is 2. The second kappa shape index (κ2) is 7.90. The fraction of sp³-hybridized carbons (Fsp3) is 0.0435. The number of fused-ring (bicyclic) bond motifs is 1. The van der Waals surface area contributed by atoms with Crippen molar-refractivity contribution in [3.63, 3.8) is 0 Å². The largest absolute Gasteiger partial charge is 0.350 e. The SMILES string of the molecule is Cn1cc(C(=O)Nc2ccc(NC(=O)Nc3ccccc3)cc2)c2ccccc21. The lowest BCUT2D eigenvalue weighted by atomic mass is 10.1. The highest BCUT2D eigenvalue weighted by molar-refractivity contribution is 6.13. The van der Waals surface area contributed by atoms with Gasteiger partial charge in [-0.3, -0.25) is 4.79 Å². The smallest absolute Gasteiger partial charge is 0.323 e. The maximum atomic E-state index is 12.7. The number of rotatable bonds is 4. The Balaban J connectivity index is 1.41. The van der Waals surface area contributed by atoms with Crippen molar-refractivity contribution in [1.29, 1.82) is 0 Å². The molecule has 0 aliphatic carbocycles. The summed E-state index contributed by atoms with van der Waals surface area (Å²) in [6.07, 6.45) is 1.82. The summed E-state index contributed by atoms with van der Waals surface area (Å²) in [6, 6.07) is 23.6. The standard InChI is InChI=1S/C23H20N4O2/c1-27-15-20(19-9-5-6-10-21(19)27)22(28)24-17-11-13-18(14-12-17)26-23(29)25-16-7-3-2-4-8-16/h2-15H,1H3,(H,24,28)(H2,25,26,29). The molecule has 6 nitrogen and oxygen atoms in total. The fourth-order valence-corrected chi connectivity index (χ4v) is 3.17. The number of nitrogens with one attached hydrogen (secondary N) is 3. The van der Waals surface area contributed by atoms with Crippen LogP contribution in [0.5, 0.6) is 0 Å². The molecule has 0 atom stereocenters. The van der Waals surface area contributed by atoms with Gasteiger partial charge in [-0.05, 0) is 42.5 Å². The lowest BCUT2D eigenvalue weighted by Crippen LogP contribution is -2.19. The van der Waals surface area contributed by atoms with Crippen molar-refractivity contribution in [3.05, 3.63) is 90.6 Å². The molecule has 0 radical (unpaired) electrons. The molecular weight excluding hydrogens is 364 g/mol. The van der Waals surface area contributed by atoms with Gasteiger partial charge in [0.05, 0.1) is 5.56 Å². The summed E-state index contributed by atoms with van der Waals surface area (Å²) in [5.41, 5.74) is 3.61. The van der Waals surface area contributed by atoms with Crippen LogP contribution >= 0.6 is 0 Å². The Morgan fingerprint density at radius 2 is 1.24 bits per heavy atom. The molecule has 144 valence electrons. The van der Waals surface area contributed by atoms with E-state index in [1.165, 1.54) is 0 Å². The van der Waals surface area contributed by atoms with Gasteiger partial charge in [-0.2, -0.15) is 0 Å². The lowest BCUT2D eigenvalue weighted by molar-refractivity contribution is 0.102. The van der Waals surface area contributed by atoms with E-state index < -0.39 is 0 Å². The zero-order valence-corrected chi connectivity index (χ0v) is 15.8. The number of hydrogen-bond acceptors (Lipinski definition) is 2. The second-order valence-corrected chi connectivity index (χ2v) is 6.65. The molecule has 29 heavy (non-hydrogen) atoms. The van der Waals surface area contributed by atoms with E-state index in [0.29, 0.717) is 22.6 Å². The number of nitrogens with zero attached hydrogens (tertiary/aromatic N) is 1. The Hall–Kier alpha value is -4.06. The van der Waals surface area contributed by atoms with Crippen LogP contribution in [0, 0.1) is 0 Å². The molecule has 0 fully saturated rings. The van der Waals surface area contributed by atoms with E-state index in [1.807, 2.05) is 72.4 Å². The van der Waals surface area contributed by atoms with E-state index in [0.717, 1.165) is 10.9 Å². The highest BCUT2D eigenvalue weighted by Crippen LogP contribution is 2.22. The van der Waals surface area contributed by atoms with Crippen molar-refractivity contribution in [2.45, 2.75) is 0 Å². The van der Waals surface area contributed by atoms with E-state index in [4.69, 9.17) is 0 Å². The van der Waals surface area contributed by atoms with Crippen molar-refractivity contribution < 1.29 is 9.59 Å². The first-order valence-electron chi connectivity index (χ1n) is 9.19. The summed E-state index contributed by atoms with van der Waals surface area (Å²) >= 11 is 0. The molecule has 4 rings (SSSR count). The molecule has 3 amide bonds. The van der Waals surface area contributed by atoms with Gasteiger partial charge < -0.3 is 20.5 Å². The monoisotopic (exact) mass is 384 g/mol. The normalized spacial score (nSPS) is 10.5. The highest BCUT2D eigenvalue weighted by Gasteiger charge is 2.13. The molecule has 0 aliphatic heterocycles. The number of anilines is 3. The van der Waals surface area contributed by atoms with Gasteiger partial charge in [-0.1, -0.05) is 36.4 Å². The van der Waals surface area contributed by atoms with Gasteiger partial charge in [0.15, 0.2) is 0 Å². The molecule has 6 heteroatoms. The summed E-state index contributed by atoms with van der Waals surface area (Å²) in [7, 11) is 1.92. The Morgan fingerprint density at radius 1 is 0.690 bits per heavy atom. The van der Waals surface area contributed by atoms with Gasteiger partial charge in [0.25, 0.3) is 5.91 Å². The molecule has 0 bridgehead atoms. The van der Waals surface area contributed by atoms with E-state index in [2.05, 4.69) is 16.0 Å². The number of aryl methyl sites for hydroxylation is 1. The Morgan fingerprint density at radius 3 is 1.93 bits per heavy atom. The lowest BCUT2D eigenvalue weighted by Gasteiger charge is -2.09. The predicted octanol–water partition coefficient (Wildman–Crippen LogP) is 5.07. The Kier molecular flexibility index (Phi) is 4.99. The summed E-state index contributed by atoms with van der Waals surface area (Å²) in [5.74, 6) is -0.177. The molecule has 3 aromatic carbocycles. The minimum Gasteiger partial charge on any atom is -0.350 e. The van der Waals surface area contributed by atoms with Crippen LogP contribution in [0.1, 0.15) is 10.4 Å². The average Bonchev–Trinajstić information content (AvgIpc) is 3.07. The van der Waals surface area contributed by atoms with Crippen LogP contribution in [0.3, 0.4) is 0 Å². The first kappa shape index (κ1) is 18.3. The number of benzene rings is 3. The number of hydrogen-bond donors (Lipinski definition) is 3. The average molecular weight is 384 g/mol. The van der Waals surface area contributed by atoms with Crippen molar-refractivity contribution >= 4 is 39.9 Å². The fourth-order valence-electron chi connectivity index (χ4n) is 3.17. The van der Waals surface area contributed by atoms with Crippen LogP contribution in [0.15, 0.2) is 85.1 Å². The number of aromatic nitrogens is 1. The van der Waals surface area contributed by atoms with Gasteiger partial charge in [0, 0.05) is 41.2 Å². The van der Waals surface area contributed by atoms with Gasteiger partial charge in [-0.15, -0.1) is 0 Å². The first-order chi connectivity index (χ1) is 14.1. The third-order valence-electron chi connectivity index (χ3n) is 4.57. The summed E-state index contributed by atoms with van der Waals surface area (Å²) in [5, 5.41) is 9.33. The molecular formula is C23H20N4O2. The highest BCUT2D eigenvalue weighted by atomic mass is 16.2. The number of carbonyl (C=O) groups is 2. The van der Waals surface area contributed by atoms with E-state index in [1.54, 1.807) is 24.3 Å². The van der Waals surface area contributed by atoms with Gasteiger partial charge in [0.2, 0.25) is 0 Å². The molecule has 4 aromatic rings. The molecule has 1 heterocycles. The van der Waals surface area contributed by atoms with E-state index in [9.17, 15) is 9.59 Å². The third-order valence-corrected chi connectivity index (χ3v) is 4.57. The molecule has 0 saturated carbocycles. The molecule has 0 saturated heterocycles. The van der Waals surface area contributed by atoms with Crippen LogP contribution in [-0.4, -0.2) is 16.5 Å². The zero-order chi connectivity index (χ0) is 20.2. The third kappa shape index (κ3) is 4.11. The van der Waals surface area contributed by atoms with Gasteiger partial charge >= 0.3 is 6.03 Å². The van der Waals surface area contributed by atoms with Crippen molar-refractivity contribution in [1.82, 2.24) is 4.57 Å². The minimum absolute atomic E-state index is 0.177. The molecule has 3 N–H and O–H groups in total. The first-order valence-corrected chi connectivity index (χ1v) is 9.19. The van der Waals surface area contributed by atoms with Crippen LogP contribution in [0.25, 0.3) is 10.9 Å². The molecule has 0 aliphatic rings. The van der Waals surface area contributed by atoms with Crippen LogP contribution in [0.2, 0.25) is 0 Å². The quantitative estimate of drug-likeness (QED) is 0.459. The van der Waals surface area contributed by atoms with Crippen LogP contribution in [0.4, 0.5) is 21.9 Å². The minimum atomic E-state index is -0.330. The van der Waals surface area contributed by atoms with Crippen molar-refractivity contribution in [2.75, 3.05) is 16.0 Å². The number of urea groups is 1. The molecule has 0 unspecified atom stereocenters. The Labute approximate surface area is 168 Å². The maximum Gasteiger partial charge on any atom is 0.323 e. The topological polar surface area (TPSA) is 75.2 Å². The summed E-state index contributed by atoms with van der Waals surface area (Å²) in [4.78, 5) is 24.8. The number of amides is 3. The van der Waals surface area contributed by atoms with Gasteiger partial charge in [-0.25, -0.2) is 4.79 Å². The van der Waals surface area contributed by atoms with E-state index >= 15 is 0 Å². The number of carbonyl (C=O) groups excluding carboxylic acids is 2. The summed E-state index contributed by atoms with van der Waals surface area (Å²) < 4.78 is 1.93. The second-order valence-electron chi connectivity index (χ2n) is 6.65. The Bertz CT molecular complexity index is 1160. The van der Waals surface area contributed by atoms with Crippen molar-refractivity contribution in [3.8, 4) is 0 Å². The van der Waals surface area contributed by atoms with Crippen molar-refractivity contribution in [2.24, 2.45) is 7.05 Å². The van der Waals surface area contributed by atoms with Gasteiger partial charge in [0.1, 0.15) is 0 Å². The van der Waals surface area contributed by atoms with Crippen LogP contribution < -0.4 is 16.0 Å². The predicted molar refractivity (Wildman–Crippen MR) is 116 cm³/mol. The maximum absolute atomic E-state index is 12.7. The molecule has 1 aromatic heterocycles. The summed E-state index contributed by atoms with van der Waals surface area (Å²) in [6.45, 7) is 0.